The maximum Gasteiger partial charge on any atom is 0.416 e. The molecule has 0 unspecified atom stereocenters. The fourth-order valence-corrected chi connectivity index (χ4v) is 2.36. The van der Waals surface area contributed by atoms with E-state index in [4.69, 9.17) is 11.6 Å². The summed E-state index contributed by atoms with van der Waals surface area (Å²) >= 11 is 5.86. The third kappa shape index (κ3) is 5.16. The first-order valence-electron chi connectivity index (χ1n) is 7.23. The average molecular weight is 357 g/mol. The van der Waals surface area contributed by atoms with Gasteiger partial charge in [0.1, 0.15) is 0 Å². The molecule has 0 aliphatic heterocycles. The minimum Gasteiger partial charge on any atom is -0.384 e. The second-order valence-electron chi connectivity index (χ2n) is 5.26. The van der Waals surface area contributed by atoms with Gasteiger partial charge in [-0.05, 0) is 48.9 Å². The highest BCUT2D eigenvalue weighted by Gasteiger charge is 2.30. The summed E-state index contributed by atoms with van der Waals surface area (Å²) in [6.07, 6.45) is -4.31. The second kappa shape index (κ2) is 7.57. The van der Waals surface area contributed by atoms with Crippen LogP contribution in [0.5, 0.6) is 0 Å². The molecule has 0 saturated heterocycles. The summed E-state index contributed by atoms with van der Waals surface area (Å²) < 4.78 is 37.9. The van der Waals surface area contributed by atoms with Crippen molar-refractivity contribution < 1.29 is 18.0 Å². The smallest absolute Gasteiger partial charge is 0.384 e. The number of halogens is 4. The molecule has 128 valence electrons. The number of anilines is 2. The first-order valence-corrected chi connectivity index (χ1v) is 7.60. The number of carbonyl (C=O) groups is 1. The highest BCUT2D eigenvalue weighted by Crippen LogP contribution is 2.30. The SMILES string of the molecule is Cc1cc(Cl)ccc1NCCC(=O)Nc1cccc(C(F)(F)F)c1. The van der Waals surface area contributed by atoms with Gasteiger partial charge in [-0.25, -0.2) is 0 Å². The lowest BCUT2D eigenvalue weighted by Crippen LogP contribution is -2.17. The van der Waals surface area contributed by atoms with E-state index in [0.29, 0.717) is 11.6 Å². The second-order valence-corrected chi connectivity index (χ2v) is 5.70. The van der Waals surface area contributed by atoms with Gasteiger partial charge < -0.3 is 10.6 Å². The molecule has 0 atom stereocenters. The highest BCUT2D eigenvalue weighted by molar-refractivity contribution is 6.30. The van der Waals surface area contributed by atoms with Crippen molar-refractivity contribution >= 4 is 28.9 Å². The molecular formula is C17H16ClF3N2O. The Morgan fingerprint density at radius 3 is 2.58 bits per heavy atom. The van der Waals surface area contributed by atoms with Crippen molar-refractivity contribution in [3.05, 3.63) is 58.6 Å². The molecule has 2 rings (SSSR count). The number of carbonyl (C=O) groups excluding carboxylic acids is 1. The van der Waals surface area contributed by atoms with E-state index in [1.54, 1.807) is 12.1 Å². The molecule has 0 saturated carbocycles. The van der Waals surface area contributed by atoms with Crippen LogP contribution in [-0.2, 0) is 11.0 Å². The first-order chi connectivity index (χ1) is 11.3. The number of rotatable bonds is 5. The topological polar surface area (TPSA) is 41.1 Å². The van der Waals surface area contributed by atoms with Crippen molar-refractivity contribution in [1.82, 2.24) is 0 Å². The maximum atomic E-state index is 12.6. The monoisotopic (exact) mass is 356 g/mol. The molecule has 0 aromatic heterocycles. The van der Waals surface area contributed by atoms with Gasteiger partial charge in [0.05, 0.1) is 5.56 Å². The van der Waals surface area contributed by atoms with Crippen LogP contribution in [0.15, 0.2) is 42.5 Å². The van der Waals surface area contributed by atoms with Gasteiger partial charge in [0, 0.05) is 29.4 Å². The summed E-state index contributed by atoms with van der Waals surface area (Å²) in [5.41, 5.74) is 1.12. The van der Waals surface area contributed by atoms with Gasteiger partial charge in [0.2, 0.25) is 5.91 Å². The number of alkyl halides is 3. The zero-order valence-electron chi connectivity index (χ0n) is 12.9. The lowest BCUT2D eigenvalue weighted by molar-refractivity contribution is -0.137. The summed E-state index contributed by atoms with van der Waals surface area (Å²) in [7, 11) is 0. The van der Waals surface area contributed by atoms with E-state index in [1.807, 2.05) is 13.0 Å². The molecule has 2 N–H and O–H groups in total. The van der Waals surface area contributed by atoms with E-state index in [0.717, 1.165) is 23.4 Å². The van der Waals surface area contributed by atoms with E-state index in [2.05, 4.69) is 10.6 Å². The normalized spacial score (nSPS) is 11.2. The molecular weight excluding hydrogens is 341 g/mol. The van der Waals surface area contributed by atoms with Crippen LogP contribution in [0.25, 0.3) is 0 Å². The van der Waals surface area contributed by atoms with Crippen molar-refractivity contribution in [2.75, 3.05) is 17.2 Å². The van der Waals surface area contributed by atoms with Crippen LogP contribution in [0, 0.1) is 6.92 Å². The van der Waals surface area contributed by atoms with Crippen LogP contribution >= 0.6 is 11.6 Å². The average Bonchev–Trinajstić information content (AvgIpc) is 2.49. The molecule has 2 aromatic rings. The predicted octanol–water partition coefficient (Wildman–Crippen LogP) is 5.11. The van der Waals surface area contributed by atoms with E-state index in [9.17, 15) is 18.0 Å². The molecule has 3 nitrogen and oxygen atoms in total. The van der Waals surface area contributed by atoms with Crippen LogP contribution in [0.4, 0.5) is 24.5 Å². The molecule has 0 bridgehead atoms. The zero-order chi connectivity index (χ0) is 17.7. The number of benzene rings is 2. The van der Waals surface area contributed by atoms with Crippen LogP contribution in [0.3, 0.4) is 0 Å². The van der Waals surface area contributed by atoms with Gasteiger partial charge in [0.25, 0.3) is 0 Å². The van der Waals surface area contributed by atoms with Crippen molar-refractivity contribution in [3.8, 4) is 0 Å². The van der Waals surface area contributed by atoms with Gasteiger partial charge >= 0.3 is 6.18 Å². The van der Waals surface area contributed by atoms with Crippen LogP contribution in [-0.4, -0.2) is 12.5 Å². The molecule has 0 heterocycles. The number of hydrogen-bond donors (Lipinski definition) is 2. The Labute approximate surface area is 142 Å². The Morgan fingerprint density at radius 1 is 1.17 bits per heavy atom. The molecule has 2 aromatic carbocycles. The Kier molecular flexibility index (Phi) is 5.72. The van der Waals surface area contributed by atoms with Crippen molar-refractivity contribution in [3.63, 3.8) is 0 Å². The summed E-state index contributed by atoms with van der Waals surface area (Å²) in [6.45, 7) is 2.24. The summed E-state index contributed by atoms with van der Waals surface area (Å²) in [4.78, 5) is 11.8. The minimum atomic E-state index is -4.44. The van der Waals surface area contributed by atoms with Crippen LogP contribution < -0.4 is 10.6 Å². The quantitative estimate of drug-likeness (QED) is 0.781. The predicted molar refractivity (Wildman–Crippen MR) is 89.4 cm³/mol. The van der Waals surface area contributed by atoms with Gasteiger partial charge in [-0.1, -0.05) is 17.7 Å². The van der Waals surface area contributed by atoms with E-state index >= 15 is 0 Å². The molecule has 0 spiro atoms. The van der Waals surface area contributed by atoms with E-state index in [1.165, 1.54) is 12.1 Å². The fraction of sp³-hybridized carbons (Fsp3) is 0.235. The Hall–Kier alpha value is -2.21. The van der Waals surface area contributed by atoms with Gasteiger partial charge in [-0.15, -0.1) is 0 Å². The summed E-state index contributed by atoms with van der Waals surface area (Å²) in [6, 6.07) is 9.89. The highest BCUT2D eigenvalue weighted by atomic mass is 35.5. The zero-order valence-corrected chi connectivity index (χ0v) is 13.6. The largest absolute Gasteiger partial charge is 0.416 e. The summed E-state index contributed by atoms with van der Waals surface area (Å²) in [5, 5.41) is 6.18. The lowest BCUT2D eigenvalue weighted by atomic mass is 10.2. The number of hydrogen-bond acceptors (Lipinski definition) is 2. The van der Waals surface area contributed by atoms with Gasteiger partial charge in [0.15, 0.2) is 0 Å². The third-order valence-electron chi connectivity index (χ3n) is 3.33. The molecule has 0 aliphatic rings. The van der Waals surface area contributed by atoms with Crippen molar-refractivity contribution in [2.24, 2.45) is 0 Å². The van der Waals surface area contributed by atoms with Gasteiger partial charge in [-0.2, -0.15) is 13.2 Å². The third-order valence-corrected chi connectivity index (χ3v) is 3.56. The molecule has 1 amide bonds. The fourth-order valence-electron chi connectivity index (χ4n) is 2.13. The van der Waals surface area contributed by atoms with Crippen LogP contribution in [0.1, 0.15) is 17.5 Å². The Balaban J connectivity index is 1.87. The Bertz CT molecular complexity index is 732. The van der Waals surface area contributed by atoms with Crippen molar-refractivity contribution in [1.29, 1.82) is 0 Å². The molecule has 0 radical (unpaired) electrons. The molecule has 24 heavy (non-hydrogen) atoms. The van der Waals surface area contributed by atoms with E-state index in [-0.39, 0.29) is 18.0 Å². The van der Waals surface area contributed by atoms with Gasteiger partial charge in [-0.3, -0.25) is 4.79 Å². The standard InChI is InChI=1S/C17H16ClF3N2O/c1-11-9-13(18)5-6-15(11)22-8-7-16(24)23-14-4-2-3-12(10-14)17(19,20)21/h2-6,9-10,22H,7-8H2,1H3,(H,23,24). The van der Waals surface area contributed by atoms with E-state index < -0.39 is 11.7 Å². The molecule has 7 heteroatoms. The maximum absolute atomic E-state index is 12.6. The number of amides is 1. The van der Waals surface area contributed by atoms with Crippen molar-refractivity contribution in [2.45, 2.75) is 19.5 Å². The Morgan fingerprint density at radius 2 is 1.92 bits per heavy atom. The first kappa shape index (κ1) is 18.1. The summed E-state index contributed by atoms with van der Waals surface area (Å²) in [5.74, 6) is -0.367. The van der Waals surface area contributed by atoms with Crippen LogP contribution in [0.2, 0.25) is 5.02 Å². The molecule has 0 fully saturated rings. The number of nitrogens with one attached hydrogen (secondary N) is 2. The lowest BCUT2D eigenvalue weighted by Gasteiger charge is -2.11. The minimum absolute atomic E-state index is 0.123. The number of aryl methyl sites for hydroxylation is 1. The molecule has 0 aliphatic carbocycles.